The molecule has 3 rings (SSSR count). The van der Waals surface area contributed by atoms with Crippen LogP contribution in [0.15, 0.2) is 35.3 Å². The summed E-state index contributed by atoms with van der Waals surface area (Å²) >= 11 is 1.34. The lowest BCUT2D eigenvalue weighted by atomic mass is 10.2. The minimum Gasteiger partial charge on any atom is -0.374 e. The van der Waals surface area contributed by atoms with Gasteiger partial charge in [-0.2, -0.15) is 5.10 Å². The van der Waals surface area contributed by atoms with Gasteiger partial charge in [-0.25, -0.2) is 0 Å². The fourth-order valence-electron chi connectivity index (χ4n) is 2.11. The van der Waals surface area contributed by atoms with E-state index in [1.54, 1.807) is 4.68 Å². The Labute approximate surface area is 125 Å². The molecule has 0 spiro atoms. The van der Waals surface area contributed by atoms with Gasteiger partial charge in [-0.05, 0) is 18.6 Å². The minimum atomic E-state index is -0.0671. The Balaban J connectivity index is 1.97. The molecule has 21 heavy (non-hydrogen) atoms. The zero-order valence-electron chi connectivity index (χ0n) is 11.6. The third kappa shape index (κ3) is 2.78. The van der Waals surface area contributed by atoms with E-state index in [0.29, 0.717) is 11.9 Å². The van der Waals surface area contributed by atoms with Crippen molar-refractivity contribution in [2.24, 2.45) is 0 Å². The molecule has 0 radical (unpaired) electrons. The molecule has 0 amide bonds. The van der Waals surface area contributed by atoms with Gasteiger partial charge in [0.15, 0.2) is 0 Å². The molecule has 0 saturated carbocycles. The second-order valence-electron chi connectivity index (χ2n) is 4.66. The lowest BCUT2D eigenvalue weighted by molar-refractivity contribution is 0.679. The van der Waals surface area contributed by atoms with Gasteiger partial charge >= 0.3 is 0 Å². The van der Waals surface area contributed by atoms with Gasteiger partial charge in [0, 0.05) is 23.5 Å². The molecule has 0 atom stereocenters. The minimum absolute atomic E-state index is 0.0671. The molecule has 0 aliphatic heterocycles. The standard InChI is InChI=1S/C14H15N5OS/c1-2-7-15-14-11(17-18-21-14)9-19-12-6-4-3-5-10(12)13(20)8-16-19/h3-6,8,15H,2,7,9H2,1H3. The van der Waals surface area contributed by atoms with Gasteiger partial charge in [0.25, 0.3) is 0 Å². The van der Waals surface area contributed by atoms with Crippen molar-refractivity contribution in [3.05, 3.63) is 46.4 Å². The molecule has 0 saturated heterocycles. The highest BCUT2D eigenvalue weighted by Gasteiger charge is 2.10. The lowest BCUT2D eigenvalue weighted by Gasteiger charge is -2.09. The summed E-state index contributed by atoms with van der Waals surface area (Å²) in [5, 5.41) is 13.3. The third-order valence-electron chi connectivity index (χ3n) is 3.15. The van der Waals surface area contributed by atoms with Gasteiger partial charge in [-0.3, -0.25) is 9.48 Å². The Morgan fingerprint density at radius 2 is 2.19 bits per heavy atom. The number of nitrogens with zero attached hydrogens (tertiary/aromatic N) is 4. The Morgan fingerprint density at radius 3 is 3.05 bits per heavy atom. The van der Waals surface area contributed by atoms with E-state index >= 15 is 0 Å². The van der Waals surface area contributed by atoms with Crippen LogP contribution in [-0.2, 0) is 6.54 Å². The number of anilines is 1. The molecule has 0 aliphatic carbocycles. The van der Waals surface area contributed by atoms with E-state index in [-0.39, 0.29) is 5.43 Å². The average Bonchev–Trinajstić information content (AvgIpc) is 2.95. The van der Waals surface area contributed by atoms with Crippen LogP contribution < -0.4 is 10.7 Å². The third-order valence-corrected chi connectivity index (χ3v) is 3.88. The van der Waals surface area contributed by atoms with Crippen molar-refractivity contribution < 1.29 is 0 Å². The second kappa shape index (κ2) is 6.01. The van der Waals surface area contributed by atoms with Gasteiger partial charge in [0.05, 0.1) is 18.3 Å². The molecule has 6 nitrogen and oxygen atoms in total. The molecule has 0 unspecified atom stereocenters. The Hall–Kier alpha value is -2.28. The van der Waals surface area contributed by atoms with Crippen LogP contribution in [0, 0.1) is 0 Å². The molecule has 108 valence electrons. The summed E-state index contributed by atoms with van der Waals surface area (Å²) in [5.41, 5.74) is 1.58. The van der Waals surface area contributed by atoms with Crippen LogP contribution in [0.5, 0.6) is 0 Å². The highest BCUT2D eigenvalue weighted by molar-refractivity contribution is 7.10. The maximum Gasteiger partial charge on any atom is 0.207 e. The molecule has 0 aliphatic rings. The van der Waals surface area contributed by atoms with Crippen LogP contribution in [0.25, 0.3) is 10.9 Å². The molecule has 2 heterocycles. The van der Waals surface area contributed by atoms with Crippen LogP contribution in [0.3, 0.4) is 0 Å². The number of fused-ring (bicyclic) bond motifs is 1. The first kappa shape index (κ1) is 13.7. The summed E-state index contributed by atoms with van der Waals surface area (Å²) < 4.78 is 5.78. The van der Waals surface area contributed by atoms with E-state index in [2.05, 4.69) is 26.9 Å². The number of rotatable bonds is 5. The molecule has 1 aromatic carbocycles. The van der Waals surface area contributed by atoms with Crippen LogP contribution in [0.1, 0.15) is 19.0 Å². The Bertz CT molecular complexity index is 810. The lowest BCUT2D eigenvalue weighted by Crippen LogP contribution is -2.14. The zero-order valence-corrected chi connectivity index (χ0v) is 12.4. The first-order valence-electron chi connectivity index (χ1n) is 6.79. The van der Waals surface area contributed by atoms with Gasteiger partial charge in [-0.1, -0.05) is 23.5 Å². The van der Waals surface area contributed by atoms with Gasteiger partial charge in [0.1, 0.15) is 10.7 Å². The number of benzene rings is 1. The molecule has 1 N–H and O–H groups in total. The normalized spacial score (nSPS) is 10.9. The maximum absolute atomic E-state index is 11.8. The largest absolute Gasteiger partial charge is 0.374 e. The molecular weight excluding hydrogens is 286 g/mol. The van der Waals surface area contributed by atoms with Crippen LogP contribution in [0.2, 0.25) is 0 Å². The average molecular weight is 301 g/mol. The Kier molecular flexibility index (Phi) is 3.92. The summed E-state index contributed by atoms with van der Waals surface area (Å²) in [5.74, 6) is 0. The topological polar surface area (TPSA) is 72.7 Å². The van der Waals surface area contributed by atoms with Crippen LogP contribution in [-0.4, -0.2) is 25.9 Å². The fraction of sp³-hybridized carbons (Fsp3) is 0.286. The predicted molar refractivity (Wildman–Crippen MR) is 83.8 cm³/mol. The number of nitrogens with one attached hydrogen (secondary N) is 1. The first-order chi connectivity index (χ1) is 10.3. The summed E-state index contributed by atoms with van der Waals surface area (Å²) in [6.07, 6.45) is 2.39. The molecule has 2 aromatic heterocycles. The van der Waals surface area contributed by atoms with Crippen molar-refractivity contribution in [2.75, 3.05) is 11.9 Å². The highest BCUT2D eigenvalue weighted by atomic mass is 32.1. The molecule has 3 aromatic rings. The smallest absolute Gasteiger partial charge is 0.207 e. The summed E-state index contributed by atoms with van der Waals surface area (Å²) in [6.45, 7) is 3.48. The number of aromatic nitrogens is 4. The van der Waals surface area contributed by atoms with Gasteiger partial charge < -0.3 is 5.32 Å². The van der Waals surface area contributed by atoms with Crippen molar-refractivity contribution in [1.82, 2.24) is 19.4 Å². The second-order valence-corrected chi connectivity index (χ2v) is 5.41. The van der Waals surface area contributed by atoms with E-state index in [0.717, 1.165) is 29.2 Å². The number of para-hydroxylation sites is 1. The van der Waals surface area contributed by atoms with Gasteiger partial charge in [0.2, 0.25) is 5.43 Å². The van der Waals surface area contributed by atoms with E-state index in [1.807, 2.05) is 24.3 Å². The molecule has 0 fully saturated rings. The van der Waals surface area contributed by atoms with Crippen molar-refractivity contribution >= 4 is 27.4 Å². The van der Waals surface area contributed by atoms with E-state index in [1.165, 1.54) is 17.7 Å². The summed E-state index contributed by atoms with van der Waals surface area (Å²) in [4.78, 5) is 11.8. The first-order valence-corrected chi connectivity index (χ1v) is 7.57. The molecule has 0 bridgehead atoms. The molecule has 7 heteroatoms. The molecular formula is C14H15N5OS. The fourth-order valence-corrected chi connectivity index (χ4v) is 2.71. The Morgan fingerprint density at radius 1 is 1.33 bits per heavy atom. The van der Waals surface area contributed by atoms with Crippen molar-refractivity contribution in [3.8, 4) is 0 Å². The van der Waals surface area contributed by atoms with Crippen LogP contribution >= 0.6 is 11.5 Å². The van der Waals surface area contributed by atoms with Crippen LogP contribution in [0.4, 0.5) is 5.00 Å². The predicted octanol–water partition coefficient (Wildman–Crippen LogP) is 2.12. The number of hydrogen-bond donors (Lipinski definition) is 1. The monoisotopic (exact) mass is 301 g/mol. The van der Waals surface area contributed by atoms with Gasteiger partial charge in [-0.15, -0.1) is 5.10 Å². The van der Waals surface area contributed by atoms with Crippen molar-refractivity contribution in [1.29, 1.82) is 0 Å². The number of hydrogen-bond acceptors (Lipinski definition) is 6. The SMILES string of the molecule is CCCNc1snnc1Cn1ncc(=O)c2ccccc21. The summed E-state index contributed by atoms with van der Waals surface area (Å²) in [6, 6.07) is 7.45. The summed E-state index contributed by atoms with van der Waals surface area (Å²) in [7, 11) is 0. The zero-order chi connectivity index (χ0) is 14.7. The highest BCUT2D eigenvalue weighted by Crippen LogP contribution is 2.19. The van der Waals surface area contributed by atoms with E-state index < -0.39 is 0 Å². The van der Waals surface area contributed by atoms with E-state index in [4.69, 9.17) is 0 Å². The van der Waals surface area contributed by atoms with Crippen molar-refractivity contribution in [2.45, 2.75) is 19.9 Å². The van der Waals surface area contributed by atoms with E-state index in [9.17, 15) is 4.79 Å². The quantitative estimate of drug-likeness (QED) is 0.781. The van der Waals surface area contributed by atoms with Crippen molar-refractivity contribution in [3.63, 3.8) is 0 Å². The maximum atomic E-state index is 11.8.